The first kappa shape index (κ1) is 14.5. The van der Waals surface area contributed by atoms with Gasteiger partial charge in [-0.2, -0.15) is 0 Å². The number of tetrazole rings is 1. The Bertz CT molecular complexity index is 635. The van der Waals surface area contributed by atoms with Crippen molar-refractivity contribution in [3.63, 3.8) is 0 Å². The lowest BCUT2D eigenvalue weighted by molar-refractivity contribution is -0.147. The first-order valence-electron chi connectivity index (χ1n) is 6.18. The number of rotatable bonds is 4. The van der Waals surface area contributed by atoms with E-state index in [2.05, 4.69) is 15.5 Å². The average molecular weight is 295 g/mol. The Kier molecular flexibility index (Phi) is 3.76. The third-order valence-corrected chi connectivity index (χ3v) is 3.60. The summed E-state index contributed by atoms with van der Waals surface area (Å²) in [5.41, 5.74) is 0.450. The molecule has 20 heavy (non-hydrogen) atoms. The third-order valence-electron chi connectivity index (χ3n) is 3.39. The van der Waals surface area contributed by atoms with E-state index in [-0.39, 0.29) is 0 Å². The monoisotopic (exact) mass is 294 g/mol. The molecule has 0 saturated carbocycles. The molecule has 0 aliphatic rings. The Morgan fingerprint density at radius 2 is 2.15 bits per heavy atom. The molecule has 0 bridgehead atoms. The van der Waals surface area contributed by atoms with Crippen LogP contribution >= 0.6 is 11.6 Å². The molecule has 1 atom stereocenters. The van der Waals surface area contributed by atoms with Crippen molar-refractivity contribution in [2.75, 3.05) is 0 Å². The number of carbonyl (C=O) groups is 1. The van der Waals surface area contributed by atoms with Crippen LogP contribution in [-0.2, 0) is 10.3 Å². The van der Waals surface area contributed by atoms with Gasteiger partial charge in [0.15, 0.2) is 11.4 Å². The van der Waals surface area contributed by atoms with Crippen LogP contribution in [0, 0.1) is 6.92 Å². The second-order valence-electron chi connectivity index (χ2n) is 4.86. The summed E-state index contributed by atoms with van der Waals surface area (Å²) in [4.78, 5) is 11.5. The van der Waals surface area contributed by atoms with Gasteiger partial charge in [-0.25, -0.2) is 9.48 Å². The van der Waals surface area contributed by atoms with Crippen LogP contribution in [0.3, 0.4) is 0 Å². The Hall–Kier alpha value is -1.95. The van der Waals surface area contributed by atoms with Crippen LogP contribution in [0.5, 0.6) is 0 Å². The van der Waals surface area contributed by atoms with Crippen LogP contribution in [0.25, 0.3) is 11.4 Å². The fraction of sp³-hybridized carbons (Fsp3) is 0.385. The maximum atomic E-state index is 11.5. The van der Waals surface area contributed by atoms with Gasteiger partial charge in [0.05, 0.1) is 0 Å². The highest BCUT2D eigenvalue weighted by Crippen LogP contribution is 2.28. The molecule has 1 heterocycles. The quantitative estimate of drug-likeness (QED) is 0.937. The van der Waals surface area contributed by atoms with Gasteiger partial charge in [-0.15, -0.1) is 5.10 Å². The minimum atomic E-state index is -1.20. The maximum Gasteiger partial charge on any atom is 0.331 e. The summed E-state index contributed by atoms with van der Waals surface area (Å²) in [6.07, 6.45) is 0.361. The van der Waals surface area contributed by atoms with E-state index in [0.29, 0.717) is 22.8 Å². The average Bonchev–Trinajstić information content (AvgIpc) is 2.86. The van der Waals surface area contributed by atoms with Crippen molar-refractivity contribution < 1.29 is 9.90 Å². The zero-order chi connectivity index (χ0) is 14.9. The van der Waals surface area contributed by atoms with Crippen molar-refractivity contribution in [2.45, 2.75) is 32.7 Å². The van der Waals surface area contributed by atoms with Crippen LogP contribution in [0.4, 0.5) is 0 Å². The SMILES string of the molecule is CCC(C)(C(=O)O)n1nnnc1-c1cc(C)cc(Cl)c1. The molecule has 0 amide bonds. The molecule has 2 aromatic rings. The van der Waals surface area contributed by atoms with Gasteiger partial charge >= 0.3 is 5.97 Å². The Morgan fingerprint density at radius 3 is 2.70 bits per heavy atom. The fourth-order valence-corrected chi connectivity index (χ4v) is 2.25. The van der Waals surface area contributed by atoms with Gasteiger partial charge in [-0.05, 0) is 54.5 Å². The predicted octanol–water partition coefficient (Wildman–Crippen LogP) is 2.51. The van der Waals surface area contributed by atoms with Crippen molar-refractivity contribution in [3.8, 4) is 11.4 Å². The number of aliphatic carboxylic acids is 1. The highest BCUT2D eigenvalue weighted by Gasteiger charge is 2.37. The number of carboxylic acids is 1. The van der Waals surface area contributed by atoms with Gasteiger partial charge in [0.2, 0.25) is 0 Å². The Labute approximate surface area is 121 Å². The molecule has 0 radical (unpaired) electrons. The number of aryl methyl sites for hydroxylation is 1. The minimum Gasteiger partial charge on any atom is -0.479 e. The lowest BCUT2D eigenvalue weighted by Crippen LogP contribution is -2.39. The molecule has 7 heteroatoms. The molecule has 0 saturated heterocycles. The van der Waals surface area contributed by atoms with E-state index >= 15 is 0 Å². The van der Waals surface area contributed by atoms with Gasteiger partial charge < -0.3 is 5.11 Å². The molecular formula is C13H15ClN4O2. The van der Waals surface area contributed by atoms with E-state index < -0.39 is 11.5 Å². The molecule has 0 aliphatic carbocycles. The fourth-order valence-electron chi connectivity index (χ4n) is 1.96. The van der Waals surface area contributed by atoms with Gasteiger partial charge in [-0.1, -0.05) is 18.5 Å². The molecule has 1 unspecified atom stereocenters. The maximum absolute atomic E-state index is 11.5. The second kappa shape index (κ2) is 5.20. The first-order valence-corrected chi connectivity index (χ1v) is 6.56. The van der Waals surface area contributed by atoms with Crippen molar-refractivity contribution in [1.29, 1.82) is 0 Å². The smallest absolute Gasteiger partial charge is 0.331 e. The molecular weight excluding hydrogens is 280 g/mol. The number of benzene rings is 1. The van der Waals surface area contributed by atoms with E-state index in [4.69, 9.17) is 11.6 Å². The molecule has 6 nitrogen and oxygen atoms in total. The first-order chi connectivity index (χ1) is 9.38. The zero-order valence-corrected chi connectivity index (χ0v) is 12.2. The van der Waals surface area contributed by atoms with Gasteiger partial charge in [0.1, 0.15) is 0 Å². The number of carboxylic acid groups (broad SMARTS) is 1. The van der Waals surface area contributed by atoms with Crippen molar-refractivity contribution >= 4 is 17.6 Å². The number of nitrogens with zero attached hydrogens (tertiary/aromatic N) is 4. The van der Waals surface area contributed by atoms with Gasteiger partial charge in [0.25, 0.3) is 0 Å². The van der Waals surface area contributed by atoms with Crippen LogP contribution < -0.4 is 0 Å². The summed E-state index contributed by atoms with van der Waals surface area (Å²) in [6, 6.07) is 5.40. The molecule has 0 aliphatic heterocycles. The number of aromatic nitrogens is 4. The molecule has 1 aromatic carbocycles. The summed E-state index contributed by atoms with van der Waals surface area (Å²) < 4.78 is 1.33. The van der Waals surface area contributed by atoms with Crippen LogP contribution in [0.2, 0.25) is 5.02 Å². The topological polar surface area (TPSA) is 80.9 Å². The highest BCUT2D eigenvalue weighted by atomic mass is 35.5. The minimum absolute atomic E-state index is 0.361. The second-order valence-corrected chi connectivity index (χ2v) is 5.30. The van der Waals surface area contributed by atoms with Gasteiger partial charge in [0, 0.05) is 10.6 Å². The Balaban J connectivity index is 2.61. The summed E-state index contributed by atoms with van der Waals surface area (Å²) in [6.45, 7) is 5.27. The van der Waals surface area contributed by atoms with E-state index in [0.717, 1.165) is 5.56 Å². The standard InChI is InChI=1S/C13H15ClN4O2/c1-4-13(3,12(19)20)18-11(15-16-17-18)9-5-8(2)6-10(14)7-9/h5-7H,4H2,1-3H3,(H,19,20). The van der Waals surface area contributed by atoms with Crippen molar-refractivity contribution in [2.24, 2.45) is 0 Å². The lowest BCUT2D eigenvalue weighted by Gasteiger charge is -2.24. The summed E-state index contributed by atoms with van der Waals surface area (Å²) in [5.74, 6) is -0.588. The number of hydrogen-bond acceptors (Lipinski definition) is 4. The third kappa shape index (κ3) is 2.38. The van der Waals surface area contributed by atoms with Crippen molar-refractivity contribution in [3.05, 3.63) is 28.8 Å². The molecule has 2 rings (SSSR count). The predicted molar refractivity (Wildman–Crippen MR) is 74.6 cm³/mol. The number of hydrogen-bond donors (Lipinski definition) is 1. The van der Waals surface area contributed by atoms with Gasteiger partial charge in [-0.3, -0.25) is 0 Å². The number of halogens is 1. The van der Waals surface area contributed by atoms with Crippen molar-refractivity contribution in [1.82, 2.24) is 20.2 Å². The Morgan fingerprint density at radius 1 is 1.45 bits per heavy atom. The molecule has 0 fully saturated rings. The molecule has 1 aromatic heterocycles. The van der Waals surface area contributed by atoms with Crippen LogP contribution in [-0.4, -0.2) is 31.3 Å². The van der Waals surface area contributed by atoms with E-state index in [9.17, 15) is 9.90 Å². The molecule has 1 N–H and O–H groups in total. The normalized spacial score (nSPS) is 14.0. The van der Waals surface area contributed by atoms with Crippen LogP contribution in [0.15, 0.2) is 18.2 Å². The van der Waals surface area contributed by atoms with Crippen LogP contribution in [0.1, 0.15) is 25.8 Å². The summed E-state index contributed by atoms with van der Waals surface area (Å²) in [7, 11) is 0. The zero-order valence-electron chi connectivity index (χ0n) is 11.5. The summed E-state index contributed by atoms with van der Waals surface area (Å²) in [5, 5.41) is 21.4. The highest BCUT2D eigenvalue weighted by molar-refractivity contribution is 6.30. The largest absolute Gasteiger partial charge is 0.479 e. The van der Waals surface area contributed by atoms with E-state index in [1.165, 1.54) is 4.68 Å². The van der Waals surface area contributed by atoms with E-state index in [1.807, 2.05) is 19.1 Å². The molecule has 106 valence electrons. The van der Waals surface area contributed by atoms with E-state index in [1.54, 1.807) is 19.9 Å². The molecule has 0 spiro atoms. The lowest BCUT2D eigenvalue weighted by atomic mass is 9.99. The summed E-state index contributed by atoms with van der Waals surface area (Å²) >= 11 is 6.04.